The van der Waals surface area contributed by atoms with E-state index in [0.29, 0.717) is 0 Å². The molecule has 1 N–H and O–H groups in total. The lowest BCUT2D eigenvalue weighted by molar-refractivity contribution is 0.504. The third-order valence-corrected chi connectivity index (χ3v) is 3.18. The molecule has 0 spiro atoms. The Hall–Kier alpha value is -1.75. The number of hydrogen-bond donors (Lipinski definition) is 1. The highest BCUT2D eigenvalue weighted by molar-refractivity contribution is 5.14. The summed E-state index contributed by atoms with van der Waals surface area (Å²) in [5, 5.41) is 11.4. The standard InChI is InChI=1S/C14H21N5/c1-3-6-15-13(12-5-7-17-18-11-12)10-14-16-8-9-19(14)4-2/h5,7-9,11,13,15H,3-4,6,10H2,1-2H3. The Morgan fingerprint density at radius 3 is 2.84 bits per heavy atom. The maximum Gasteiger partial charge on any atom is 0.110 e. The van der Waals surface area contributed by atoms with E-state index in [1.54, 1.807) is 6.20 Å². The number of aromatic nitrogens is 4. The zero-order valence-corrected chi connectivity index (χ0v) is 11.6. The minimum absolute atomic E-state index is 0.239. The average Bonchev–Trinajstić information content (AvgIpc) is 2.91. The number of nitrogens with one attached hydrogen (secondary N) is 1. The second-order valence-electron chi connectivity index (χ2n) is 4.52. The van der Waals surface area contributed by atoms with Crippen molar-refractivity contribution in [3.63, 3.8) is 0 Å². The molecule has 1 unspecified atom stereocenters. The Labute approximate surface area is 114 Å². The lowest BCUT2D eigenvalue weighted by Gasteiger charge is -2.18. The van der Waals surface area contributed by atoms with Crippen LogP contribution in [0.25, 0.3) is 0 Å². The first-order valence-electron chi connectivity index (χ1n) is 6.85. The summed E-state index contributed by atoms with van der Waals surface area (Å²) in [6.45, 7) is 6.24. The second kappa shape index (κ2) is 6.99. The topological polar surface area (TPSA) is 55.6 Å². The summed E-state index contributed by atoms with van der Waals surface area (Å²) < 4.78 is 2.18. The molecule has 0 aliphatic rings. The van der Waals surface area contributed by atoms with Gasteiger partial charge >= 0.3 is 0 Å². The zero-order valence-electron chi connectivity index (χ0n) is 11.6. The first kappa shape index (κ1) is 13.7. The number of nitrogens with zero attached hydrogens (tertiary/aromatic N) is 4. The predicted octanol–water partition coefficient (Wildman–Crippen LogP) is 1.98. The summed E-state index contributed by atoms with van der Waals surface area (Å²) in [6.07, 6.45) is 9.43. The average molecular weight is 259 g/mol. The van der Waals surface area contributed by atoms with Crippen LogP contribution in [0.5, 0.6) is 0 Å². The largest absolute Gasteiger partial charge is 0.335 e. The number of rotatable bonds is 7. The van der Waals surface area contributed by atoms with Gasteiger partial charge in [0.1, 0.15) is 5.82 Å². The highest BCUT2D eigenvalue weighted by Crippen LogP contribution is 2.16. The van der Waals surface area contributed by atoms with Crippen LogP contribution in [0, 0.1) is 0 Å². The molecule has 0 saturated carbocycles. The Morgan fingerprint density at radius 2 is 2.16 bits per heavy atom. The van der Waals surface area contributed by atoms with Crippen LogP contribution < -0.4 is 5.32 Å². The molecule has 0 amide bonds. The maximum absolute atomic E-state index is 4.45. The van der Waals surface area contributed by atoms with Crippen molar-refractivity contribution in [2.75, 3.05) is 6.54 Å². The van der Waals surface area contributed by atoms with Gasteiger partial charge in [-0.25, -0.2) is 4.98 Å². The summed E-state index contributed by atoms with van der Waals surface area (Å²) in [5.41, 5.74) is 1.16. The van der Waals surface area contributed by atoms with Crippen LogP contribution in [0.4, 0.5) is 0 Å². The summed E-state index contributed by atoms with van der Waals surface area (Å²) in [7, 11) is 0. The molecule has 2 rings (SSSR count). The minimum Gasteiger partial charge on any atom is -0.335 e. The van der Waals surface area contributed by atoms with E-state index in [-0.39, 0.29) is 6.04 Å². The second-order valence-corrected chi connectivity index (χ2v) is 4.52. The summed E-state index contributed by atoms with van der Waals surface area (Å²) >= 11 is 0. The highest BCUT2D eigenvalue weighted by Gasteiger charge is 2.14. The van der Waals surface area contributed by atoms with E-state index in [0.717, 1.165) is 37.3 Å². The summed E-state index contributed by atoms with van der Waals surface area (Å²) in [6, 6.07) is 2.25. The van der Waals surface area contributed by atoms with Crippen molar-refractivity contribution in [3.8, 4) is 0 Å². The van der Waals surface area contributed by atoms with E-state index < -0.39 is 0 Å². The molecule has 5 nitrogen and oxygen atoms in total. The van der Waals surface area contributed by atoms with Crippen LogP contribution in [-0.2, 0) is 13.0 Å². The Bertz CT molecular complexity index is 480. The van der Waals surface area contributed by atoms with Gasteiger partial charge in [-0.2, -0.15) is 10.2 Å². The lowest BCUT2D eigenvalue weighted by atomic mass is 10.1. The monoisotopic (exact) mass is 259 g/mol. The maximum atomic E-state index is 4.45. The number of imidazole rings is 1. The molecular weight excluding hydrogens is 238 g/mol. The quantitative estimate of drug-likeness (QED) is 0.826. The number of aryl methyl sites for hydroxylation is 1. The third kappa shape index (κ3) is 3.61. The van der Waals surface area contributed by atoms with Crippen LogP contribution in [0.2, 0.25) is 0 Å². The SMILES string of the molecule is CCCNC(Cc1nccn1CC)c1ccnnc1. The molecule has 5 heteroatoms. The summed E-state index contributed by atoms with van der Waals surface area (Å²) in [5.74, 6) is 1.10. The van der Waals surface area contributed by atoms with Gasteiger partial charge in [0.05, 0.1) is 6.20 Å². The predicted molar refractivity (Wildman–Crippen MR) is 74.7 cm³/mol. The van der Waals surface area contributed by atoms with Gasteiger partial charge in [0.2, 0.25) is 0 Å². The molecule has 2 aromatic rings. The molecule has 0 aliphatic carbocycles. The molecule has 0 aromatic carbocycles. The molecule has 0 bridgehead atoms. The van der Waals surface area contributed by atoms with Gasteiger partial charge in [-0.15, -0.1) is 0 Å². The lowest BCUT2D eigenvalue weighted by Crippen LogP contribution is -2.25. The molecule has 1 atom stereocenters. The first-order valence-corrected chi connectivity index (χ1v) is 6.85. The van der Waals surface area contributed by atoms with Gasteiger partial charge < -0.3 is 9.88 Å². The Kier molecular flexibility index (Phi) is 5.03. The van der Waals surface area contributed by atoms with Crippen molar-refractivity contribution in [2.45, 2.75) is 39.3 Å². The zero-order chi connectivity index (χ0) is 13.5. The molecular formula is C14H21N5. The van der Waals surface area contributed by atoms with Crippen LogP contribution >= 0.6 is 0 Å². The normalized spacial score (nSPS) is 12.5. The molecule has 19 heavy (non-hydrogen) atoms. The molecule has 0 saturated heterocycles. The fourth-order valence-corrected chi connectivity index (χ4v) is 2.13. The van der Waals surface area contributed by atoms with Gasteiger partial charge in [0.15, 0.2) is 0 Å². The fourth-order valence-electron chi connectivity index (χ4n) is 2.13. The first-order chi connectivity index (χ1) is 9.35. The van der Waals surface area contributed by atoms with Crippen LogP contribution in [-0.4, -0.2) is 26.3 Å². The van der Waals surface area contributed by atoms with Crippen molar-refractivity contribution in [2.24, 2.45) is 0 Å². The fraction of sp³-hybridized carbons (Fsp3) is 0.500. The van der Waals surface area contributed by atoms with E-state index in [1.165, 1.54) is 0 Å². The number of hydrogen-bond acceptors (Lipinski definition) is 4. The van der Waals surface area contributed by atoms with E-state index in [2.05, 4.69) is 38.9 Å². The van der Waals surface area contributed by atoms with Crippen molar-refractivity contribution in [1.29, 1.82) is 0 Å². The molecule has 102 valence electrons. The van der Waals surface area contributed by atoms with Crippen molar-refractivity contribution in [3.05, 3.63) is 42.2 Å². The highest BCUT2D eigenvalue weighted by atomic mass is 15.1. The van der Waals surface area contributed by atoms with Crippen molar-refractivity contribution in [1.82, 2.24) is 25.1 Å². The Balaban J connectivity index is 2.14. The van der Waals surface area contributed by atoms with Crippen molar-refractivity contribution < 1.29 is 0 Å². The van der Waals surface area contributed by atoms with E-state index in [4.69, 9.17) is 0 Å². The smallest absolute Gasteiger partial charge is 0.110 e. The Morgan fingerprint density at radius 1 is 1.26 bits per heavy atom. The molecule has 2 aromatic heterocycles. The van der Waals surface area contributed by atoms with Gasteiger partial charge in [0, 0.05) is 37.6 Å². The van der Waals surface area contributed by atoms with Gasteiger partial charge in [-0.3, -0.25) is 0 Å². The van der Waals surface area contributed by atoms with E-state index in [9.17, 15) is 0 Å². The van der Waals surface area contributed by atoms with Gasteiger partial charge in [-0.1, -0.05) is 6.92 Å². The van der Waals surface area contributed by atoms with Crippen LogP contribution in [0.3, 0.4) is 0 Å². The molecule has 0 fully saturated rings. The molecule has 0 aliphatic heterocycles. The van der Waals surface area contributed by atoms with Crippen LogP contribution in [0.15, 0.2) is 30.9 Å². The summed E-state index contributed by atoms with van der Waals surface area (Å²) in [4.78, 5) is 4.45. The van der Waals surface area contributed by atoms with E-state index in [1.807, 2.05) is 24.7 Å². The van der Waals surface area contributed by atoms with Gasteiger partial charge in [-0.05, 0) is 31.5 Å². The van der Waals surface area contributed by atoms with Crippen LogP contribution in [0.1, 0.15) is 37.7 Å². The minimum atomic E-state index is 0.239. The van der Waals surface area contributed by atoms with Crippen molar-refractivity contribution >= 4 is 0 Å². The third-order valence-electron chi connectivity index (χ3n) is 3.18. The molecule has 2 heterocycles. The molecule has 0 radical (unpaired) electrons. The van der Waals surface area contributed by atoms with Gasteiger partial charge in [0.25, 0.3) is 0 Å². The van der Waals surface area contributed by atoms with E-state index >= 15 is 0 Å².